The Morgan fingerprint density at radius 3 is 1.83 bits per heavy atom. The molecule has 0 spiro atoms. The summed E-state index contributed by atoms with van der Waals surface area (Å²) in [5.74, 6) is 0. The summed E-state index contributed by atoms with van der Waals surface area (Å²) >= 11 is 0. The molecule has 0 aliphatic heterocycles. The van der Waals surface area contributed by atoms with Crippen LogP contribution in [0.25, 0.3) is 10.9 Å². The molecule has 0 saturated heterocycles. The van der Waals surface area contributed by atoms with Gasteiger partial charge in [-0.25, -0.2) is 0 Å². The zero-order valence-electron chi connectivity index (χ0n) is 16.7. The third kappa shape index (κ3) is 3.56. The highest BCUT2D eigenvalue weighted by Crippen LogP contribution is 2.32. The van der Waals surface area contributed by atoms with Gasteiger partial charge in [-0.15, -0.1) is 0 Å². The van der Waals surface area contributed by atoms with Gasteiger partial charge in [-0.1, -0.05) is 77.1 Å². The average Bonchev–Trinajstić information content (AvgIpc) is 2.64. The van der Waals surface area contributed by atoms with E-state index in [9.17, 15) is 0 Å². The Morgan fingerprint density at radius 2 is 1.39 bits per heavy atom. The molecule has 128 valence electrons. The predicted molar refractivity (Wildman–Crippen MR) is 113 cm³/mol. The first kappa shape index (κ1) is 18.7. The van der Waals surface area contributed by atoms with Crippen LogP contribution in [0.15, 0.2) is 18.2 Å². The first-order valence-electron chi connectivity index (χ1n) is 8.73. The van der Waals surface area contributed by atoms with Crippen LogP contribution in [0.3, 0.4) is 0 Å². The van der Waals surface area contributed by atoms with Crippen molar-refractivity contribution in [3.05, 3.63) is 23.8 Å². The van der Waals surface area contributed by atoms with E-state index in [1.165, 1.54) is 16.5 Å². The van der Waals surface area contributed by atoms with Crippen LogP contribution in [0.5, 0.6) is 0 Å². The standard InChI is InChI=1S/C18H34N2Si3/c1-14-12-11-13-15-16(14)19-20(17(15)21(2,3)4)18(22(5,6)7)23(8,9)10/h11-13,18H,1-10H3. The lowest BCUT2D eigenvalue weighted by molar-refractivity contribution is 0.706. The summed E-state index contributed by atoms with van der Waals surface area (Å²) < 4.78 is 2.53. The van der Waals surface area contributed by atoms with Gasteiger partial charge in [-0.2, -0.15) is 5.10 Å². The lowest BCUT2D eigenvalue weighted by atomic mass is 10.2. The number of aromatic nitrogens is 2. The Hall–Kier alpha value is -0.659. The SMILES string of the molecule is Cc1cccc2c([Si](C)(C)C)n(C([Si](C)(C)C)[Si](C)(C)C)nc12. The highest BCUT2D eigenvalue weighted by molar-refractivity contribution is 6.96. The summed E-state index contributed by atoms with van der Waals surface area (Å²) in [5, 5.41) is 8.84. The molecule has 0 aliphatic carbocycles. The molecule has 2 nitrogen and oxygen atoms in total. The molecule has 2 rings (SSSR count). The van der Waals surface area contributed by atoms with E-state index in [-0.39, 0.29) is 0 Å². The zero-order valence-corrected chi connectivity index (χ0v) is 19.7. The molecule has 0 fully saturated rings. The largest absolute Gasteiger partial charge is 0.276 e. The van der Waals surface area contributed by atoms with E-state index >= 15 is 0 Å². The predicted octanol–water partition coefficient (Wildman–Crippen LogP) is 5.19. The van der Waals surface area contributed by atoms with Crippen molar-refractivity contribution in [2.75, 3.05) is 0 Å². The Balaban J connectivity index is 2.90. The minimum Gasteiger partial charge on any atom is -0.276 e. The molecule has 5 heteroatoms. The molecule has 23 heavy (non-hydrogen) atoms. The van der Waals surface area contributed by atoms with Crippen molar-refractivity contribution in [2.45, 2.75) is 71.1 Å². The first-order valence-corrected chi connectivity index (χ1v) is 19.4. The van der Waals surface area contributed by atoms with Gasteiger partial charge in [-0.05, 0) is 12.5 Å². The van der Waals surface area contributed by atoms with Crippen molar-refractivity contribution in [1.29, 1.82) is 0 Å². The number of rotatable bonds is 4. The monoisotopic (exact) mass is 362 g/mol. The second-order valence-corrected chi connectivity index (χ2v) is 26.3. The number of aryl methyl sites for hydroxylation is 1. The molecule has 0 radical (unpaired) electrons. The number of benzene rings is 1. The topological polar surface area (TPSA) is 17.8 Å². The number of hydrogen-bond acceptors (Lipinski definition) is 1. The van der Waals surface area contributed by atoms with Gasteiger partial charge in [0.1, 0.15) is 8.07 Å². The first-order chi connectivity index (χ1) is 10.2. The van der Waals surface area contributed by atoms with Crippen LogP contribution in [-0.4, -0.2) is 34.0 Å². The summed E-state index contributed by atoms with van der Waals surface area (Å²) in [5.41, 5.74) is 2.54. The third-order valence-electron chi connectivity index (χ3n) is 4.53. The Kier molecular flexibility index (Phi) is 4.63. The molecule has 1 aromatic heterocycles. The van der Waals surface area contributed by atoms with E-state index < -0.39 is 24.2 Å². The van der Waals surface area contributed by atoms with E-state index in [4.69, 9.17) is 5.10 Å². The maximum absolute atomic E-state index is 5.23. The number of nitrogens with zero attached hydrogens (tertiary/aromatic N) is 2. The molecule has 0 N–H and O–H groups in total. The number of hydrogen-bond donors (Lipinski definition) is 0. The van der Waals surface area contributed by atoms with Crippen LogP contribution in [-0.2, 0) is 0 Å². The second-order valence-electron chi connectivity index (χ2n) is 10.1. The van der Waals surface area contributed by atoms with Crippen LogP contribution < -0.4 is 5.32 Å². The van der Waals surface area contributed by atoms with Crippen LogP contribution >= 0.6 is 0 Å². The summed E-state index contributed by atoms with van der Waals surface area (Å²) in [7, 11) is -4.23. The van der Waals surface area contributed by atoms with Gasteiger partial charge >= 0.3 is 0 Å². The van der Waals surface area contributed by atoms with E-state index in [2.05, 4.69) is 88.7 Å². The normalized spacial score (nSPS) is 14.0. The fourth-order valence-electron chi connectivity index (χ4n) is 4.23. The van der Waals surface area contributed by atoms with Crippen LogP contribution in [0.2, 0.25) is 58.9 Å². The average molecular weight is 363 g/mol. The fourth-order valence-corrected chi connectivity index (χ4v) is 18.6. The minimum atomic E-state index is -1.49. The molecule has 0 bridgehead atoms. The molecule has 0 unspecified atom stereocenters. The van der Waals surface area contributed by atoms with Crippen molar-refractivity contribution in [1.82, 2.24) is 9.78 Å². The van der Waals surface area contributed by atoms with Gasteiger partial charge in [-0.3, -0.25) is 4.68 Å². The van der Waals surface area contributed by atoms with Crippen molar-refractivity contribution in [3.8, 4) is 0 Å². The van der Waals surface area contributed by atoms with Gasteiger partial charge in [0, 0.05) is 16.0 Å². The second kappa shape index (κ2) is 5.70. The van der Waals surface area contributed by atoms with E-state index in [0.717, 1.165) is 0 Å². The van der Waals surface area contributed by atoms with Gasteiger partial charge in [0.15, 0.2) is 0 Å². The summed E-state index contributed by atoms with van der Waals surface area (Å²) in [4.78, 5) is 0. The van der Waals surface area contributed by atoms with Gasteiger partial charge in [0.2, 0.25) is 0 Å². The van der Waals surface area contributed by atoms with Crippen molar-refractivity contribution in [3.63, 3.8) is 0 Å². The zero-order chi connectivity index (χ0) is 17.8. The summed E-state index contributed by atoms with van der Waals surface area (Å²) in [6.07, 6.45) is 0. The van der Waals surface area contributed by atoms with Gasteiger partial charge in [0.25, 0.3) is 0 Å². The minimum absolute atomic E-state index is 0.642. The van der Waals surface area contributed by atoms with Gasteiger partial charge in [0.05, 0.1) is 21.7 Å². The molecule has 2 aromatic rings. The molecule has 0 aliphatic rings. The quantitative estimate of drug-likeness (QED) is 0.685. The maximum Gasteiger partial charge on any atom is 0.102 e. The Morgan fingerprint density at radius 1 is 0.870 bits per heavy atom. The molecular weight excluding hydrogens is 328 g/mol. The van der Waals surface area contributed by atoms with Crippen LogP contribution in [0, 0.1) is 6.92 Å². The van der Waals surface area contributed by atoms with E-state index in [1.807, 2.05) is 0 Å². The Bertz CT molecular complexity index is 699. The molecule has 1 heterocycles. The van der Waals surface area contributed by atoms with Gasteiger partial charge < -0.3 is 0 Å². The highest BCUT2D eigenvalue weighted by Gasteiger charge is 2.42. The molecule has 1 aromatic carbocycles. The smallest absolute Gasteiger partial charge is 0.102 e. The lowest BCUT2D eigenvalue weighted by Crippen LogP contribution is -2.56. The maximum atomic E-state index is 5.23. The van der Waals surface area contributed by atoms with Crippen LogP contribution in [0.4, 0.5) is 0 Å². The van der Waals surface area contributed by atoms with E-state index in [1.54, 1.807) is 5.32 Å². The lowest BCUT2D eigenvalue weighted by Gasteiger charge is -2.40. The third-order valence-corrected chi connectivity index (χ3v) is 15.4. The summed E-state index contributed by atoms with van der Waals surface area (Å²) in [6.45, 7) is 24.7. The van der Waals surface area contributed by atoms with Crippen LogP contribution in [0.1, 0.15) is 10.9 Å². The van der Waals surface area contributed by atoms with Crippen molar-refractivity contribution < 1.29 is 0 Å². The summed E-state index contributed by atoms with van der Waals surface area (Å²) in [6, 6.07) is 6.70. The molecule has 0 amide bonds. The molecule has 0 saturated carbocycles. The Labute approximate surface area is 145 Å². The fraction of sp³-hybridized carbons (Fsp3) is 0.611. The van der Waals surface area contributed by atoms with Crippen molar-refractivity contribution >= 4 is 40.4 Å². The highest BCUT2D eigenvalue weighted by atomic mass is 28.4. The molecular formula is C18H34N2Si3. The molecule has 0 atom stereocenters. The van der Waals surface area contributed by atoms with E-state index in [0.29, 0.717) is 5.29 Å². The van der Waals surface area contributed by atoms with Crippen molar-refractivity contribution in [2.24, 2.45) is 0 Å². The number of fused-ring (bicyclic) bond motifs is 1.